The third kappa shape index (κ3) is 2.85. The second-order valence-corrected chi connectivity index (χ2v) is 6.04. The summed E-state index contributed by atoms with van der Waals surface area (Å²) >= 11 is 1.73. The van der Waals surface area contributed by atoms with Gasteiger partial charge < -0.3 is 0 Å². The van der Waals surface area contributed by atoms with Crippen LogP contribution in [0.25, 0.3) is 0 Å². The lowest BCUT2D eigenvalue weighted by molar-refractivity contribution is 0.424. The second kappa shape index (κ2) is 5.72. The highest BCUT2D eigenvalue weighted by Crippen LogP contribution is 2.39. The smallest absolute Gasteiger partial charge is 0.186 e. The maximum Gasteiger partial charge on any atom is 0.186 e. The molecular weight excluding hydrogens is 246 g/mol. The van der Waals surface area contributed by atoms with Crippen molar-refractivity contribution < 1.29 is 0 Å². The number of thioether (sulfide) groups is 1. The molecule has 1 aliphatic carbocycles. The number of hydrogen-bond acceptors (Lipinski definition) is 5. The molecule has 1 N–H and O–H groups in total. The summed E-state index contributed by atoms with van der Waals surface area (Å²) in [4.78, 5) is 4.23. The fourth-order valence-electron chi connectivity index (χ4n) is 2.31. The van der Waals surface area contributed by atoms with Gasteiger partial charge in [-0.1, -0.05) is 18.7 Å². The average Bonchev–Trinajstić information content (AvgIpc) is 2.96. The molecule has 0 aliphatic heterocycles. The van der Waals surface area contributed by atoms with Gasteiger partial charge in [-0.05, 0) is 32.2 Å². The molecule has 6 heteroatoms. The number of aromatic nitrogens is 3. The number of nitriles is 1. The van der Waals surface area contributed by atoms with Crippen LogP contribution in [0.3, 0.4) is 0 Å². The monoisotopic (exact) mass is 265 g/mol. The summed E-state index contributed by atoms with van der Waals surface area (Å²) in [5, 5.41) is 18.2. The van der Waals surface area contributed by atoms with E-state index < -0.39 is 0 Å². The highest BCUT2D eigenvalue weighted by Gasteiger charge is 2.39. The van der Waals surface area contributed by atoms with Crippen LogP contribution >= 0.6 is 11.8 Å². The Labute approximate surface area is 112 Å². The lowest BCUT2D eigenvalue weighted by Crippen LogP contribution is -2.42. The van der Waals surface area contributed by atoms with Crippen LogP contribution in [0.15, 0.2) is 11.5 Å². The largest absolute Gasteiger partial charge is 0.299 e. The third-order valence-corrected chi connectivity index (χ3v) is 4.65. The maximum absolute atomic E-state index is 9.39. The number of nitrogens with zero attached hydrogens (tertiary/aromatic N) is 4. The predicted octanol–water partition coefficient (Wildman–Crippen LogP) is 1.72. The van der Waals surface area contributed by atoms with Crippen molar-refractivity contribution in [2.45, 2.75) is 48.6 Å². The van der Waals surface area contributed by atoms with Gasteiger partial charge in [-0.25, -0.2) is 9.67 Å². The van der Waals surface area contributed by atoms with Gasteiger partial charge in [-0.15, -0.1) is 0 Å². The Bertz CT molecular complexity index is 438. The maximum atomic E-state index is 9.39. The number of rotatable bonds is 5. The summed E-state index contributed by atoms with van der Waals surface area (Å²) in [5.41, 5.74) is -0.327. The van der Waals surface area contributed by atoms with Gasteiger partial charge in [0.15, 0.2) is 5.16 Å². The van der Waals surface area contributed by atoms with Crippen LogP contribution < -0.4 is 5.32 Å². The molecule has 0 amide bonds. The number of nitrogens with one attached hydrogen (secondary N) is 1. The SMILES string of the molecule is CCCNC1(C#N)CCC(Sc2ncnn2C)C1. The van der Waals surface area contributed by atoms with Gasteiger partial charge >= 0.3 is 0 Å². The molecule has 0 aromatic carbocycles. The molecule has 1 aromatic rings. The van der Waals surface area contributed by atoms with E-state index in [0.717, 1.165) is 37.4 Å². The molecule has 1 aromatic heterocycles. The topological polar surface area (TPSA) is 66.5 Å². The van der Waals surface area contributed by atoms with Gasteiger partial charge in [0.1, 0.15) is 11.9 Å². The van der Waals surface area contributed by atoms with Gasteiger partial charge in [-0.2, -0.15) is 10.4 Å². The summed E-state index contributed by atoms with van der Waals surface area (Å²) in [6.07, 6.45) is 5.51. The molecule has 18 heavy (non-hydrogen) atoms. The summed E-state index contributed by atoms with van der Waals surface area (Å²) in [7, 11) is 1.90. The van der Waals surface area contributed by atoms with Crippen molar-refractivity contribution in [2.24, 2.45) is 7.05 Å². The third-order valence-electron chi connectivity index (χ3n) is 3.34. The first-order valence-corrected chi connectivity index (χ1v) is 7.24. The molecule has 0 saturated heterocycles. The molecule has 2 rings (SSSR count). The lowest BCUT2D eigenvalue weighted by Gasteiger charge is -2.22. The van der Waals surface area contributed by atoms with E-state index in [0.29, 0.717) is 5.25 Å². The van der Waals surface area contributed by atoms with Crippen LogP contribution in [0.5, 0.6) is 0 Å². The van der Waals surface area contributed by atoms with Crippen LogP contribution in [-0.4, -0.2) is 32.1 Å². The van der Waals surface area contributed by atoms with Crippen molar-refractivity contribution in [3.8, 4) is 6.07 Å². The minimum atomic E-state index is -0.327. The Morgan fingerprint density at radius 1 is 1.72 bits per heavy atom. The predicted molar refractivity (Wildman–Crippen MR) is 71.1 cm³/mol. The average molecular weight is 265 g/mol. The van der Waals surface area contributed by atoms with Crippen molar-refractivity contribution in [1.82, 2.24) is 20.1 Å². The van der Waals surface area contributed by atoms with Crippen LogP contribution in [0.4, 0.5) is 0 Å². The van der Waals surface area contributed by atoms with Crippen LogP contribution in [0.1, 0.15) is 32.6 Å². The Morgan fingerprint density at radius 2 is 2.56 bits per heavy atom. The van der Waals surface area contributed by atoms with Crippen molar-refractivity contribution in [3.05, 3.63) is 6.33 Å². The van der Waals surface area contributed by atoms with Gasteiger partial charge in [0.05, 0.1) is 6.07 Å². The van der Waals surface area contributed by atoms with Crippen molar-refractivity contribution in [3.63, 3.8) is 0 Å². The van der Waals surface area contributed by atoms with E-state index in [4.69, 9.17) is 0 Å². The highest BCUT2D eigenvalue weighted by molar-refractivity contribution is 7.99. The van der Waals surface area contributed by atoms with Crippen LogP contribution in [0, 0.1) is 11.3 Å². The lowest BCUT2D eigenvalue weighted by atomic mass is 10.00. The van der Waals surface area contributed by atoms with Gasteiger partial charge in [0, 0.05) is 12.3 Å². The summed E-state index contributed by atoms with van der Waals surface area (Å²) in [6.45, 7) is 3.04. The van der Waals surface area contributed by atoms with Crippen molar-refractivity contribution in [1.29, 1.82) is 5.26 Å². The molecule has 1 heterocycles. The minimum Gasteiger partial charge on any atom is -0.299 e. The number of hydrogen-bond donors (Lipinski definition) is 1. The zero-order valence-electron chi connectivity index (χ0n) is 10.9. The zero-order valence-corrected chi connectivity index (χ0v) is 11.7. The van der Waals surface area contributed by atoms with Gasteiger partial charge in [-0.3, -0.25) is 5.32 Å². The van der Waals surface area contributed by atoms with E-state index in [9.17, 15) is 5.26 Å². The molecule has 0 radical (unpaired) electrons. The van der Waals surface area contributed by atoms with Crippen molar-refractivity contribution >= 4 is 11.8 Å². The fourth-order valence-corrected chi connectivity index (χ4v) is 3.52. The zero-order chi connectivity index (χ0) is 13.0. The molecule has 5 nitrogen and oxygen atoms in total. The normalized spacial score (nSPS) is 27.3. The fraction of sp³-hybridized carbons (Fsp3) is 0.750. The van der Waals surface area contributed by atoms with E-state index >= 15 is 0 Å². The van der Waals surface area contributed by atoms with E-state index in [1.54, 1.807) is 22.8 Å². The Morgan fingerprint density at radius 3 is 3.17 bits per heavy atom. The Kier molecular flexibility index (Phi) is 4.25. The first kappa shape index (κ1) is 13.4. The van der Waals surface area contributed by atoms with Crippen LogP contribution in [0.2, 0.25) is 0 Å². The van der Waals surface area contributed by atoms with Gasteiger partial charge in [0.2, 0.25) is 0 Å². The van der Waals surface area contributed by atoms with E-state index in [1.165, 1.54) is 0 Å². The molecule has 2 unspecified atom stereocenters. The molecule has 0 spiro atoms. The summed E-state index contributed by atoms with van der Waals surface area (Å²) < 4.78 is 1.79. The van der Waals surface area contributed by atoms with Crippen LogP contribution in [-0.2, 0) is 7.05 Å². The summed E-state index contributed by atoms with van der Waals surface area (Å²) in [5.74, 6) is 0. The van der Waals surface area contributed by atoms with E-state index in [-0.39, 0.29) is 5.54 Å². The summed E-state index contributed by atoms with van der Waals surface area (Å²) in [6, 6.07) is 2.47. The minimum absolute atomic E-state index is 0.327. The van der Waals surface area contributed by atoms with Crippen molar-refractivity contribution in [2.75, 3.05) is 6.54 Å². The molecule has 1 fully saturated rings. The second-order valence-electron chi connectivity index (χ2n) is 4.77. The standard InChI is InChI=1S/C12H19N5S/c1-3-6-15-12(8-13)5-4-10(7-12)18-11-14-9-16-17(11)2/h9-10,15H,3-7H2,1-2H3. The Balaban J connectivity index is 1.95. The highest BCUT2D eigenvalue weighted by atomic mass is 32.2. The number of aryl methyl sites for hydroxylation is 1. The molecule has 98 valence electrons. The first-order chi connectivity index (χ1) is 8.69. The molecular formula is C12H19N5S. The van der Waals surface area contributed by atoms with Gasteiger partial charge in [0.25, 0.3) is 0 Å². The first-order valence-electron chi connectivity index (χ1n) is 6.36. The Hall–Kier alpha value is -1.06. The van der Waals surface area contributed by atoms with E-state index in [1.807, 2.05) is 7.05 Å². The van der Waals surface area contributed by atoms with E-state index in [2.05, 4.69) is 28.4 Å². The molecule has 1 aliphatic rings. The molecule has 2 atom stereocenters. The molecule has 1 saturated carbocycles. The molecule has 0 bridgehead atoms. The quantitative estimate of drug-likeness (QED) is 0.878.